The van der Waals surface area contributed by atoms with Crippen molar-refractivity contribution in [1.29, 1.82) is 0 Å². The monoisotopic (exact) mass is 368 g/mol. The second-order valence-corrected chi connectivity index (χ2v) is 6.45. The summed E-state index contributed by atoms with van der Waals surface area (Å²) in [6.45, 7) is 0.369. The van der Waals surface area contributed by atoms with Gasteiger partial charge in [0.25, 0.3) is 0 Å². The molecule has 0 aliphatic carbocycles. The Bertz CT molecular complexity index is 1100. The molecule has 0 aliphatic heterocycles. The summed E-state index contributed by atoms with van der Waals surface area (Å²) in [7, 11) is 0. The fourth-order valence-electron chi connectivity index (χ4n) is 2.66. The van der Waals surface area contributed by atoms with Crippen LogP contribution in [0.1, 0.15) is 5.76 Å². The van der Waals surface area contributed by atoms with Crippen molar-refractivity contribution >= 4 is 17.0 Å². The van der Waals surface area contributed by atoms with E-state index in [1.54, 1.807) is 48.7 Å². The highest BCUT2D eigenvalue weighted by Gasteiger charge is 2.13. The van der Waals surface area contributed by atoms with Crippen LogP contribution in [0.3, 0.4) is 0 Å². The topological polar surface area (TPSA) is 30.4 Å². The van der Waals surface area contributed by atoms with Gasteiger partial charge in [-0.05, 0) is 36.4 Å². The van der Waals surface area contributed by atoms with Gasteiger partial charge in [0.2, 0.25) is 0 Å². The summed E-state index contributed by atoms with van der Waals surface area (Å²) in [5, 5.41) is 1.82. The number of nitrogens with zero attached hydrogens (tertiary/aromatic N) is 2. The van der Waals surface area contributed by atoms with Gasteiger partial charge in [0.15, 0.2) is 4.80 Å². The number of para-hydroxylation sites is 1. The van der Waals surface area contributed by atoms with Crippen LogP contribution in [0, 0.1) is 11.6 Å². The van der Waals surface area contributed by atoms with E-state index in [-0.39, 0.29) is 11.5 Å². The van der Waals surface area contributed by atoms with E-state index in [2.05, 4.69) is 4.99 Å². The third-order valence-corrected chi connectivity index (χ3v) is 4.77. The Kier molecular flexibility index (Phi) is 4.50. The Morgan fingerprint density at radius 1 is 0.923 bits per heavy atom. The lowest BCUT2D eigenvalue weighted by atomic mass is 10.1. The first kappa shape index (κ1) is 16.5. The number of benzene rings is 2. The first-order chi connectivity index (χ1) is 12.7. The van der Waals surface area contributed by atoms with E-state index in [1.807, 2.05) is 16.0 Å². The molecule has 2 heterocycles. The smallest absolute Gasteiger partial charge is 0.190 e. The van der Waals surface area contributed by atoms with Crippen LogP contribution >= 0.6 is 11.3 Å². The van der Waals surface area contributed by atoms with Crippen molar-refractivity contribution in [1.82, 2.24) is 4.57 Å². The van der Waals surface area contributed by atoms with Crippen LogP contribution in [0.2, 0.25) is 0 Å². The molecule has 4 rings (SSSR count). The fourth-order valence-corrected chi connectivity index (χ4v) is 3.57. The summed E-state index contributed by atoms with van der Waals surface area (Å²) in [4.78, 5) is 5.00. The number of thiazole rings is 1. The maximum atomic E-state index is 14.3. The maximum Gasteiger partial charge on any atom is 0.190 e. The third kappa shape index (κ3) is 3.23. The number of rotatable bonds is 4. The van der Waals surface area contributed by atoms with E-state index in [9.17, 15) is 8.78 Å². The molecule has 2 aromatic carbocycles. The molecule has 0 fully saturated rings. The van der Waals surface area contributed by atoms with Gasteiger partial charge >= 0.3 is 0 Å². The molecule has 0 aliphatic rings. The number of aromatic nitrogens is 1. The lowest BCUT2D eigenvalue weighted by molar-refractivity contribution is 0.491. The molecule has 0 N–H and O–H groups in total. The van der Waals surface area contributed by atoms with Gasteiger partial charge in [-0.1, -0.05) is 24.3 Å². The van der Waals surface area contributed by atoms with Crippen molar-refractivity contribution in [3.05, 3.63) is 94.5 Å². The van der Waals surface area contributed by atoms with Gasteiger partial charge in [0.1, 0.15) is 23.1 Å². The molecule has 0 radical (unpaired) electrons. The largest absolute Gasteiger partial charge is 0.467 e. The van der Waals surface area contributed by atoms with E-state index in [0.29, 0.717) is 28.4 Å². The predicted molar refractivity (Wildman–Crippen MR) is 97.1 cm³/mol. The van der Waals surface area contributed by atoms with Crippen LogP contribution in [0.4, 0.5) is 14.5 Å². The molecule has 2 aromatic heterocycles. The Labute approximate surface area is 152 Å². The quantitative estimate of drug-likeness (QED) is 0.476. The van der Waals surface area contributed by atoms with E-state index < -0.39 is 5.82 Å². The number of halogens is 2. The minimum absolute atomic E-state index is 0.239. The second kappa shape index (κ2) is 7.09. The molecular weight excluding hydrogens is 354 g/mol. The maximum absolute atomic E-state index is 14.3. The number of hydrogen-bond acceptors (Lipinski definition) is 3. The normalized spacial score (nSPS) is 11.8. The third-order valence-electron chi connectivity index (χ3n) is 3.91. The fraction of sp³-hybridized carbons (Fsp3) is 0.0500. The Morgan fingerprint density at radius 2 is 1.69 bits per heavy atom. The Balaban J connectivity index is 1.90. The van der Waals surface area contributed by atoms with Crippen LogP contribution in [-0.4, -0.2) is 4.57 Å². The lowest BCUT2D eigenvalue weighted by Crippen LogP contribution is -2.16. The molecule has 0 saturated carbocycles. The van der Waals surface area contributed by atoms with Crippen molar-refractivity contribution < 1.29 is 13.2 Å². The standard InChI is InChI=1S/C20H14F2N2OS/c21-16-8-2-1-7-15(16)19-13-26-20(23-18-10-4-3-9-17(18)22)24(19)12-14-6-5-11-25-14/h1-11,13H,12H2. The first-order valence-electron chi connectivity index (χ1n) is 7.97. The lowest BCUT2D eigenvalue weighted by Gasteiger charge is -2.08. The van der Waals surface area contributed by atoms with E-state index in [0.717, 1.165) is 0 Å². The van der Waals surface area contributed by atoms with Crippen molar-refractivity contribution in [2.24, 2.45) is 4.99 Å². The molecule has 0 spiro atoms. The highest BCUT2D eigenvalue weighted by Crippen LogP contribution is 2.25. The van der Waals surface area contributed by atoms with Gasteiger partial charge in [-0.2, -0.15) is 0 Å². The van der Waals surface area contributed by atoms with Crippen molar-refractivity contribution in [2.45, 2.75) is 6.54 Å². The van der Waals surface area contributed by atoms with E-state index >= 15 is 0 Å². The van der Waals surface area contributed by atoms with Crippen LogP contribution in [0.15, 0.2) is 81.7 Å². The summed E-state index contributed by atoms with van der Waals surface area (Å²) in [6, 6.07) is 16.5. The zero-order valence-electron chi connectivity index (χ0n) is 13.6. The van der Waals surface area contributed by atoms with Gasteiger partial charge in [-0.15, -0.1) is 11.3 Å². The van der Waals surface area contributed by atoms with Crippen LogP contribution in [0.5, 0.6) is 0 Å². The highest BCUT2D eigenvalue weighted by atomic mass is 32.1. The summed E-state index contributed by atoms with van der Waals surface area (Å²) in [5.41, 5.74) is 1.37. The van der Waals surface area contributed by atoms with Crippen molar-refractivity contribution in [3.63, 3.8) is 0 Å². The molecule has 0 unspecified atom stereocenters. The van der Waals surface area contributed by atoms with Crippen LogP contribution in [0.25, 0.3) is 11.3 Å². The van der Waals surface area contributed by atoms with E-state index in [1.165, 1.54) is 23.5 Å². The van der Waals surface area contributed by atoms with Gasteiger partial charge in [-0.25, -0.2) is 13.8 Å². The molecule has 0 bridgehead atoms. The molecule has 4 aromatic rings. The molecule has 6 heteroatoms. The molecule has 3 nitrogen and oxygen atoms in total. The Hall–Kier alpha value is -2.99. The number of hydrogen-bond donors (Lipinski definition) is 0. The van der Waals surface area contributed by atoms with Crippen LogP contribution < -0.4 is 4.80 Å². The average molecular weight is 368 g/mol. The summed E-state index contributed by atoms with van der Waals surface area (Å²) in [6.07, 6.45) is 1.58. The van der Waals surface area contributed by atoms with Gasteiger partial charge in [-0.3, -0.25) is 0 Å². The minimum atomic E-state index is -0.405. The summed E-state index contributed by atoms with van der Waals surface area (Å²) in [5.74, 6) is -0.0233. The average Bonchev–Trinajstić information content (AvgIpc) is 3.29. The van der Waals surface area contributed by atoms with E-state index in [4.69, 9.17) is 4.42 Å². The van der Waals surface area contributed by atoms with Gasteiger partial charge < -0.3 is 8.98 Å². The molecule has 0 saturated heterocycles. The van der Waals surface area contributed by atoms with Gasteiger partial charge in [0.05, 0.1) is 18.5 Å². The molecule has 130 valence electrons. The number of furan rings is 1. The van der Waals surface area contributed by atoms with Crippen molar-refractivity contribution in [3.8, 4) is 11.3 Å². The predicted octanol–water partition coefficient (Wildman–Crippen LogP) is 5.37. The molecular formula is C20H14F2N2OS. The molecule has 0 amide bonds. The van der Waals surface area contributed by atoms with Crippen LogP contribution in [-0.2, 0) is 6.54 Å². The highest BCUT2D eigenvalue weighted by molar-refractivity contribution is 7.07. The Morgan fingerprint density at radius 3 is 2.42 bits per heavy atom. The summed E-state index contributed by atoms with van der Waals surface area (Å²) >= 11 is 1.33. The second-order valence-electron chi connectivity index (χ2n) is 5.61. The SMILES string of the molecule is Fc1ccccc1N=c1scc(-c2ccccc2F)n1Cc1ccco1. The molecule has 0 atom stereocenters. The minimum Gasteiger partial charge on any atom is -0.467 e. The van der Waals surface area contributed by atoms with Gasteiger partial charge in [0, 0.05) is 10.9 Å². The van der Waals surface area contributed by atoms with Crippen molar-refractivity contribution in [2.75, 3.05) is 0 Å². The first-order valence-corrected chi connectivity index (χ1v) is 8.85. The zero-order chi connectivity index (χ0) is 17.9. The molecule has 26 heavy (non-hydrogen) atoms. The zero-order valence-corrected chi connectivity index (χ0v) is 14.4. The summed E-state index contributed by atoms with van der Waals surface area (Å²) < 4.78 is 35.6.